The van der Waals surface area contributed by atoms with Crippen LogP contribution in [0, 0.1) is 0 Å². The van der Waals surface area contributed by atoms with Crippen molar-refractivity contribution < 1.29 is 0 Å². The van der Waals surface area contributed by atoms with E-state index in [0.717, 1.165) is 33.0 Å². The molecule has 1 heterocycles. The SMILES string of the molecule is Clc1ccc(/C=C/c2nc3ccccc3n2Cc2ccc(Cl)cc2Cl)cc1. The molecule has 0 atom stereocenters. The number of aromatic nitrogens is 2. The maximum absolute atomic E-state index is 6.39. The van der Waals surface area contributed by atoms with Crippen molar-refractivity contribution in [3.63, 3.8) is 0 Å². The Morgan fingerprint density at radius 1 is 0.815 bits per heavy atom. The number of benzene rings is 3. The number of imidazole rings is 1. The highest BCUT2D eigenvalue weighted by Gasteiger charge is 2.11. The molecule has 0 aliphatic rings. The first kappa shape index (κ1) is 18.1. The van der Waals surface area contributed by atoms with Crippen molar-refractivity contribution in [1.29, 1.82) is 0 Å². The van der Waals surface area contributed by atoms with Gasteiger partial charge in [-0.15, -0.1) is 0 Å². The monoisotopic (exact) mass is 412 g/mol. The number of nitrogens with zero attached hydrogens (tertiary/aromatic N) is 2. The van der Waals surface area contributed by atoms with Crippen molar-refractivity contribution in [3.05, 3.63) is 98.7 Å². The van der Waals surface area contributed by atoms with E-state index in [-0.39, 0.29) is 0 Å². The summed E-state index contributed by atoms with van der Waals surface area (Å²) in [6, 6.07) is 21.3. The number of hydrogen-bond acceptors (Lipinski definition) is 1. The van der Waals surface area contributed by atoms with Gasteiger partial charge < -0.3 is 4.57 Å². The summed E-state index contributed by atoms with van der Waals surface area (Å²) in [5.74, 6) is 0.858. The molecule has 0 saturated carbocycles. The summed E-state index contributed by atoms with van der Waals surface area (Å²) in [6.07, 6.45) is 4.03. The molecule has 0 radical (unpaired) electrons. The molecule has 5 heteroatoms. The van der Waals surface area contributed by atoms with E-state index in [1.54, 1.807) is 6.07 Å². The van der Waals surface area contributed by atoms with Crippen molar-refractivity contribution in [3.8, 4) is 0 Å². The highest BCUT2D eigenvalue weighted by molar-refractivity contribution is 6.35. The molecule has 0 fully saturated rings. The average molecular weight is 414 g/mol. The van der Waals surface area contributed by atoms with E-state index in [9.17, 15) is 0 Å². The van der Waals surface area contributed by atoms with Crippen LogP contribution in [0.1, 0.15) is 17.0 Å². The van der Waals surface area contributed by atoms with Crippen molar-refractivity contribution in [2.75, 3.05) is 0 Å². The first-order chi connectivity index (χ1) is 13.1. The van der Waals surface area contributed by atoms with E-state index >= 15 is 0 Å². The number of rotatable bonds is 4. The Labute approximate surface area is 172 Å². The summed E-state index contributed by atoms with van der Waals surface area (Å²) in [5, 5.41) is 1.99. The molecule has 0 spiro atoms. The Kier molecular flexibility index (Phi) is 5.22. The van der Waals surface area contributed by atoms with Crippen LogP contribution in [0.25, 0.3) is 23.2 Å². The quantitative estimate of drug-likeness (QED) is 0.345. The normalized spacial score (nSPS) is 11.5. The Hall–Kier alpha value is -2.26. The second-order valence-electron chi connectivity index (χ2n) is 6.17. The molecular weight excluding hydrogens is 399 g/mol. The maximum Gasteiger partial charge on any atom is 0.134 e. The minimum atomic E-state index is 0.608. The van der Waals surface area contributed by atoms with Crippen LogP contribution in [0.4, 0.5) is 0 Å². The smallest absolute Gasteiger partial charge is 0.134 e. The fourth-order valence-corrected chi connectivity index (χ4v) is 3.55. The van der Waals surface area contributed by atoms with Gasteiger partial charge >= 0.3 is 0 Å². The molecule has 134 valence electrons. The van der Waals surface area contributed by atoms with E-state index < -0.39 is 0 Å². The van der Waals surface area contributed by atoms with Gasteiger partial charge in [0.25, 0.3) is 0 Å². The molecule has 0 N–H and O–H groups in total. The first-order valence-corrected chi connectivity index (χ1v) is 9.56. The largest absolute Gasteiger partial charge is 0.320 e. The molecule has 27 heavy (non-hydrogen) atoms. The standard InChI is InChI=1S/C22H15Cl3N2/c23-17-9-5-15(6-10-17)7-12-22-26-20-3-1-2-4-21(20)27(22)14-16-8-11-18(24)13-19(16)25/h1-13H,14H2/b12-7+. The van der Waals surface area contributed by atoms with Gasteiger partial charge in [0, 0.05) is 15.1 Å². The molecule has 0 bridgehead atoms. The molecule has 1 aromatic heterocycles. The van der Waals surface area contributed by atoms with Crippen molar-refractivity contribution >= 4 is 58.0 Å². The zero-order valence-corrected chi connectivity index (χ0v) is 16.5. The maximum atomic E-state index is 6.39. The first-order valence-electron chi connectivity index (χ1n) is 8.43. The average Bonchev–Trinajstić information content (AvgIpc) is 3.01. The lowest BCUT2D eigenvalue weighted by Crippen LogP contribution is -2.02. The van der Waals surface area contributed by atoms with E-state index in [2.05, 4.69) is 10.6 Å². The lowest BCUT2D eigenvalue weighted by molar-refractivity contribution is 0.814. The summed E-state index contributed by atoms with van der Waals surface area (Å²) in [5.41, 5.74) is 4.05. The van der Waals surface area contributed by atoms with Crippen molar-refractivity contribution in [2.24, 2.45) is 0 Å². The number of para-hydroxylation sites is 2. The number of fused-ring (bicyclic) bond motifs is 1. The second kappa shape index (κ2) is 7.77. The molecule has 0 unspecified atom stereocenters. The lowest BCUT2D eigenvalue weighted by atomic mass is 10.2. The molecule has 0 amide bonds. The Balaban J connectivity index is 1.76. The molecule has 4 aromatic rings. The summed E-state index contributed by atoms with van der Waals surface area (Å²) in [6.45, 7) is 0.608. The van der Waals surface area contributed by atoms with Crippen LogP contribution >= 0.6 is 34.8 Å². The third kappa shape index (κ3) is 4.03. The molecule has 0 aliphatic heterocycles. The molecule has 3 aromatic carbocycles. The van der Waals surface area contributed by atoms with Gasteiger partial charge in [0.05, 0.1) is 17.6 Å². The molecular formula is C22H15Cl3N2. The van der Waals surface area contributed by atoms with Gasteiger partial charge in [-0.05, 0) is 53.6 Å². The van der Waals surface area contributed by atoms with Crippen LogP contribution in [0.2, 0.25) is 15.1 Å². The van der Waals surface area contributed by atoms with Crippen molar-refractivity contribution in [2.45, 2.75) is 6.54 Å². The van der Waals surface area contributed by atoms with E-state index in [4.69, 9.17) is 39.8 Å². The van der Waals surface area contributed by atoms with E-state index in [1.165, 1.54) is 0 Å². The van der Waals surface area contributed by atoms with E-state index in [1.807, 2.05) is 66.7 Å². The Bertz CT molecular complexity index is 1130. The van der Waals surface area contributed by atoms with Gasteiger partial charge in [0.15, 0.2) is 0 Å². The van der Waals surface area contributed by atoms with Crippen LogP contribution in [0.3, 0.4) is 0 Å². The van der Waals surface area contributed by atoms with Crippen LogP contribution in [-0.2, 0) is 6.54 Å². The number of halogens is 3. The zero-order valence-electron chi connectivity index (χ0n) is 14.2. The molecule has 0 saturated heterocycles. The van der Waals surface area contributed by atoms with Crippen LogP contribution in [0.5, 0.6) is 0 Å². The fraction of sp³-hybridized carbons (Fsp3) is 0.0455. The van der Waals surface area contributed by atoms with Crippen LogP contribution in [-0.4, -0.2) is 9.55 Å². The summed E-state index contributed by atoms with van der Waals surface area (Å²) >= 11 is 18.4. The second-order valence-corrected chi connectivity index (χ2v) is 7.45. The fourth-order valence-electron chi connectivity index (χ4n) is 2.95. The van der Waals surface area contributed by atoms with Gasteiger partial charge in [-0.3, -0.25) is 0 Å². The van der Waals surface area contributed by atoms with Crippen LogP contribution < -0.4 is 0 Å². The van der Waals surface area contributed by atoms with Crippen molar-refractivity contribution in [1.82, 2.24) is 9.55 Å². The van der Waals surface area contributed by atoms with Gasteiger partial charge in [0.1, 0.15) is 5.82 Å². The highest BCUT2D eigenvalue weighted by Crippen LogP contribution is 2.25. The topological polar surface area (TPSA) is 17.8 Å². The minimum absolute atomic E-state index is 0.608. The van der Waals surface area contributed by atoms with E-state index in [0.29, 0.717) is 16.6 Å². The highest BCUT2D eigenvalue weighted by atomic mass is 35.5. The zero-order chi connectivity index (χ0) is 18.8. The third-order valence-corrected chi connectivity index (χ3v) is 5.16. The predicted molar refractivity (Wildman–Crippen MR) is 116 cm³/mol. The van der Waals surface area contributed by atoms with Gasteiger partial charge in [0.2, 0.25) is 0 Å². The lowest BCUT2D eigenvalue weighted by Gasteiger charge is -2.09. The van der Waals surface area contributed by atoms with Crippen LogP contribution in [0.15, 0.2) is 66.7 Å². The van der Waals surface area contributed by atoms with Gasteiger partial charge in [-0.2, -0.15) is 0 Å². The predicted octanol–water partition coefficient (Wildman–Crippen LogP) is 7.22. The Morgan fingerprint density at radius 2 is 1.56 bits per heavy atom. The number of hydrogen-bond donors (Lipinski definition) is 0. The van der Waals surface area contributed by atoms with Gasteiger partial charge in [-0.1, -0.05) is 71.2 Å². The molecule has 0 aliphatic carbocycles. The summed E-state index contributed by atoms with van der Waals surface area (Å²) in [4.78, 5) is 4.77. The Morgan fingerprint density at radius 3 is 2.33 bits per heavy atom. The molecule has 2 nitrogen and oxygen atoms in total. The third-order valence-electron chi connectivity index (χ3n) is 4.32. The van der Waals surface area contributed by atoms with Gasteiger partial charge in [-0.25, -0.2) is 4.98 Å². The molecule has 4 rings (SSSR count). The minimum Gasteiger partial charge on any atom is -0.320 e. The summed E-state index contributed by atoms with van der Waals surface area (Å²) in [7, 11) is 0. The summed E-state index contributed by atoms with van der Waals surface area (Å²) < 4.78 is 2.15.